The Hall–Kier alpha value is -1.52. The van der Waals surface area contributed by atoms with E-state index in [1.165, 1.54) is 0 Å². The van der Waals surface area contributed by atoms with Gasteiger partial charge in [0.1, 0.15) is 18.4 Å². The topological polar surface area (TPSA) is 72.5 Å². The average molecular weight is 256 g/mol. The first-order valence-electron chi connectivity index (χ1n) is 5.05. The Labute approximate surface area is 105 Å². The van der Waals surface area contributed by atoms with E-state index in [1.807, 2.05) is 0 Å². The fraction of sp³-hybridized carbons (Fsp3) is 0.250. The predicted molar refractivity (Wildman–Crippen MR) is 66.5 cm³/mol. The zero-order valence-corrected chi connectivity index (χ0v) is 9.98. The molecule has 0 saturated carbocycles. The molecule has 1 unspecified atom stereocenters. The van der Waals surface area contributed by atoms with Crippen LogP contribution in [0.3, 0.4) is 0 Å². The van der Waals surface area contributed by atoms with Crippen molar-refractivity contribution in [2.45, 2.75) is 12.5 Å². The van der Waals surface area contributed by atoms with Crippen molar-refractivity contribution in [3.8, 4) is 5.75 Å². The average Bonchev–Trinajstić information content (AvgIpc) is 2.28. The fourth-order valence-electron chi connectivity index (χ4n) is 1.28. The van der Waals surface area contributed by atoms with Gasteiger partial charge >= 0.3 is 5.97 Å². The van der Waals surface area contributed by atoms with Gasteiger partial charge in [-0.1, -0.05) is 30.3 Å². The van der Waals surface area contributed by atoms with E-state index in [4.69, 9.17) is 27.2 Å². The predicted octanol–water partition coefficient (Wildman–Crippen LogP) is 1.86. The largest absolute Gasteiger partial charge is 0.488 e. The van der Waals surface area contributed by atoms with Crippen LogP contribution in [-0.2, 0) is 11.2 Å². The minimum atomic E-state index is -1.03. The van der Waals surface area contributed by atoms with Gasteiger partial charge in [-0.25, -0.2) is 0 Å². The van der Waals surface area contributed by atoms with Crippen molar-refractivity contribution in [3.63, 3.8) is 0 Å². The van der Waals surface area contributed by atoms with Gasteiger partial charge in [-0.15, -0.1) is 0 Å². The van der Waals surface area contributed by atoms with Crippen LogP contribution in [0.25, 0.3) is 0 Å². The number of carbonyl (C=O) groups is 1. The quantitative estimate of drug-likeness (QED) is 0.761. The number of benzene rings is 1. The Bertz CT molecular complexity index is 420. The van der Waals surface area contributed by atoms with Crippen molar-refractivity contribution in [1.29, 1.82) is 0 Å². The van der Waals surface area contributed by atoms with Crippen molar-refractivity contribution in [2.75, 3.05) is 6.61 Å². The Morgan fingerprint density at radius 3 is 2.88 bits per heavy atom. The fourth-order valence-corrected chi connectivity index (χ4v) is 1.54. The first kappa shape index (κ1) is 13.5. The van der Waals surface area contributed by atoms with Crippen LogP contribution in [0.15, 0.2) is 30.9 Å². The number of hydrogen-bond donors (Lipinski definition) is 2. The zero-order chi connectivity index (χ0) is 12.8. The molecule has 0 saturated heterocycles. The number of rotatable bonds is 6. The maximum absolute atomic E-state index is 10.6. The Kier molecular flexibility index (Phi) is 5.00. The molecule has 17 heavy (non-hydrogen) atoms. The van der Waals surface area contributed by atoms with E-state index >= 15 is 0 Å². The third-order valence-electron chi connectivity index (χ3n) is 2.13. The van der Waals surface area contributed by atoms with E-state index < -0.39 is 12.0 Å². The summed E-state index contributed by atoms with van der Waals surface area (Å²) in [6.07, 6.45) is 1.85. The van der Waals surface area contributed by atoms with Crippen molar-refractivity contribution >= 4 is 17.6 Å². The highest BCUT2D eigenvalue weighted by atomic mass is 35.5. The summed E-state index contributed by atoms with van der Waals surface area (Å²) < 4.78 is 5.30. The molecule has 1 aromatic carbocycles. The second-order valence-corrected chi connectivity index (χ2v) is 3.92. The van der Waals surface area contributed by atoms with Crippen LogP contribution >= 0.6 is 11.6 Å². The molecule has 0 amide bonds. The SMILES string of the molecule is C=CCOc1ccc(CC(N)C(=O)O)cc1Cl. The van der Waals surface area contributed by atoms with Crippen LogP contribution in [0.2, 0.25) is 5.02 Å². The van der Waals surface area contributed by atoms with Crippen molar-refractivity contribution < 1.29 is 14.6 Å². The highest BCUT2D eigenvalue weighted by molar-refractivity contribution is 6.32. The molecule has 5 heteroatoms. The van der Waals surface area contributed by atoms with Gasteiger partial charge in [-0.3, -0.25) is 4.79 Å². The van der Waals surface area contributed by atoms with Gasteiger partial charge in [0.15, 0.2) is 0 Å². The first-order valence-corrected chi connectivity index (χ1v) is 5.43. The summed E-state index contributed by atoms with van der Waals surface area (Å²) in [5.74, 6) is -0.493. The molecule has 4 nitrogen and oxygen atoms in total. The summed E-state index contributed by atoms with van der Waals surface area (Å²) >= 11 is 5.98. The summed E-state index contributed by atoms with van der Waals surface area (Å²) in [5, 5.41) is 9.12. The smallest absolute Gasteiger partial charge is 0.320 e. The molecule has 0 spiro atoms. The highest BCUT2D eigenvalue weighted by Gasteiger charge is 2.13. The molecule has 0 heterocycles. The second-order valence-electron chi connectivity index (χ2n) is 3.51. The van der Waals surface area contributed by atoms with Gasteiger partial charge in [0, 0.05) is 0 Å². The van der Waals surface area contributed by atoms with Crippen LogP contribution in [0.4, 0.5) is 0 Å². The molecule has 0 radical (unpaired) electrons. The molecule has 1 atom stereocenters. The van der Waals surface area contributed by atoms with Gasteiger partial charge in [-0.2, -0.15) is 0 Å². The summed E-state index contributed by atoms with van der Waals surface area (Å²) in [7, 11) is 0. The lowest BCUT2D eigenvalue weighted by Gasteiger charge is -2.09. The minimum Gasteiger partial charge on any atom is -0.488 e. The van der Waals surface area contributed by atoms with Gasteiger partial charge < -0.3 is 15.6 Å². The van der Waals surface area contributed by atoms with Crippen LogP contribution in [0.1, 0.15) is 5.56 Å². The summed E-state index contributed by atoms with van der Waals surface area (Å²) in [5.41, 5.74) is 6.19. The Morgan fingerprint density at radius 2 is 2.35 bits per heavy atom. The van der Waals surface area contributed by atoms with Crippen molar-refractivity contribution in [2.24, 2.45) is 5.73 Å². The molecule has 0 aromatic heterocycles. The zero-order valence-electron chi connectivity index (χ0n) is 9.23. The van der Waals surface area contributed by atoms with Gasteiger partial charge in [-0.05, 0) is 24.1 Å². The summed E-state index contributed by atoms with van der Waals surface area (Å²) in [6, 6.07) is 4.16. The monoisotopic (exact) mass is 255 g/mol. The second kappa shape index (κ2) is 6.27. The molecule has 1 rings (SSSR count). The molecule has 1 aromatic rings. The Morgan fingerprint density at radius 1 is 1.65 bits per heavy atom. The Balaban J connectivity index is 2.74. The number of ether oxygens (including phenoxy) is 1. The lowest BCUT2D eigenvalue weighted by atomic mass is 10.1. The molecule has 0 bridgehead atoms. The van der Waals surface area contributed by atoms with Gasteiger partial charge in [0.2, 0.25) is 0 Å². The summed E-state index contributed by atoms with van der Waals surface area (Å²) in [6.45, 7) is 3.90. The van der Waals surface area contributed by atoms with Crippen molar-refractivity contribution in [1.82, 2.24) is 0 Å². The normalized spacial score (nSPS) is 11.9. The molecular weight excluding hydrogens is 242 g/mol. The van der Waals surface area contributed by atoms with Crippen LogP contribution in [-0.4, -0.2) is 23.7 Å². The number of nitrogens with two attached hydrogens (primary N) is 1. The van der Waals surface area contributed by atoms with Crippen LogP contribution in [0.5, 0.6) is 5.75 Å². The van der Waals surface area contributed by atoms with Gasteiger partial charge in [0.25, 0.3) is 0 Å². The van der Waals surface area contributed by atoms with E-state index in [-0.39, 0.29) is 6.42 Å². The van der Waals surface area contributed by atoms with Crippen LogP contribution < -0.4 is 10.5 Å². The molecule has 0 aliphatic heterocycles. The lowest BCUT2D eigenvalue weighted by molar-refractivity contribution is -0.138. The van der Waals surface area contributed by atoms with Crippen LogP contribution in [0, 0.1) is 0 Å². The molecule has 0 aliphatic carbocycles. The van der Waals surface area contributed by atoms with E-state index in [9.17, 15) is 4.79 Å². The molecule has 92 valence electrons. The lowest BCUT2D eigenvalue weighted by Crippen LogP contribution is -2.32. The van der Waals surface area contributed by atoms with E-state index in [0.29, 0.717) is 17.4 Å². The summed E-state index contributed by atoms with van der Waals surface area (Å²) in [4.78, 5) is 10.6. The van der Waals surface area contributed by atoms with Crippen molar-refractivity contribution in [3.05, 3.63) is 41.4 Å². The third-order valence-corrected chi connectivity index (χ3v) is 2.42. The molecule has 0 fully saturated rings. The number of carboxylic acid groups (broad SMARTS) is 1. The number of carboxylic acids is 1. The standard InChI is InChI=1S/C12H14ClNO3/c1-2-5-17-11-4-3-8(6-9(11)13)7-10(14)12(15)16/h2-4,6,10H,1,5,7,14H2,(H,15,16). The highest BCUT2D eigenvalue weighted by Crippen LogP contribution is 2.25. The van der Waals surface area contributed by atoms with E-state index in [0.717, 1.165) is 5.56 Å². The third kappa shape index (κ3) is 4.09. The number of halogens is 1. The van der Waals surface area contributed by atoms with E-state index in [1.54, 1.807) is 24.3 Å². The molecule has 3 N–H and O–H groups in total. The van der Waals surface area contributed by atoms with Gasteiger partial charge in [0.05, 0.1) is 5.02 Å². The maximum atomic E-state index is 10.6. The molecule has 0 aliphatic rings. The molecular formula is C12H14ClNO3. The maximum Gasteiger partial charge on any atom is 0.320 e. The first-order chi connectivity index (χ1) is 8.04. The minimum absolute atomic E-state index is 0.233. The number of hydrogen-bond acceptors (Lipinski definition) is 3. The van der Waals surface area contributed by atoms with E-state index in [2.05, 4.69) is 6.58 Å². The number of aliphatic carboxylic acids is 1.